The fraction of sp³-hybridized carbons (Fsp3) is 0. The first-order chi connectivity index (χ1) is 3.46. The summed E-state index contributed by atoms with van der Waals surface area (Å²) < 4.78 is 0. The smallest absolute Gasteiger partial charge is 0.652 e. The van der Waals surface area contributed by atoms with Crippen LogP contribution in [0, 0.1) is 0 Å². The third kappa shape index (κ3) is 265. The summed E-state index contributed by atoms with van der Waals surface area (Å²) in [5.41, 5.74) is 0. The van der Waals surface area contributed by atoms with Crippen molar-refractivity contribution < 1.29 is 47.1 Å². The fourth-order valence-electron chi connectivity index (χ4n) is 0. The number of rotatable bonds is 0. The number of quaternary nitrogens is 1. The van der Waals surface area contributed by atoms with Crippen LogP contribution in [0.2, 0.25) is 0 Å². The van der Waals surface area contributed by atoms with Crippen molar-refractivity contribution in [1.29, 1.82) is 0 Å². The molecule has 0 aromatic rings. The molecule has 7 nitrogen and oxygen atoms in total. The molecule has 0 saturated heterocycles. The van der Waals surface area contributed by atoms with E-state index in [9.17, 15) is 0 Å². The molecule has 0 saturated carbocycles. The van der Waals surface area contributed by atoms with Gasteiger partial charge in [0, 0.05) is 0 Å². The van der Waals surface area contributed by atoms with Crippen LogP contribution >= 0.6 is 0 Å². The van der Waals surface area contributed by atoms with Crippen molar-refractivity contribution in [1.82, 2.24) is 6.15 Å². The zero-order valence-corrected chi connectivity index (χ0v) is 6.05. The number of carboxylic acid groups (broad SMARTS) is 4. The van der Waals surface area contributed by atoms with Gasteiger partial charge in [0.05, 0.1) is 0 Å². The van der Waals surface area contributed by atoms with Gasteiger partial charge in [-0.15, -0.1) is 0 Å². The molecule has 61 valence electrons. The van der Waals surface area contributed by atoms with E-state index < -0.39 is 12.3 Å². The van der Waals surface area contributed by atoms with Crippen molar-refractivity contribution in [3.8, 4) is 0 Å². The molecule has 0 aliphatic heterocycles. The zero-order valence-electron chi connectivity index (χ0n) is 4.87. The second-order valence-corrected chi connectivity index (χ2v) is 0.516. The van der Waals surface area contributed by atoms with Crippen molar-refractivity contribution in [2.45, 2.75) is 0 Å². The van der Waals surface area contributed by atoms with Gasteiger partial charge in [0.1, 0.15) is 0 Å². The van der Waals surface area contributed by atoms with Crippen LogP contribution in [0.3, 0.4) is 0 Å². The zero-order chi connectivity index (χ0) is 7.15. The van der Waals surface area contributed by atoms with Crippen molar-refractivity contribution in [3.63, 3.8) is 0 Å². The molecule has 0 aliphatic rings. The Balaban J connectivity index is -0.0000000300. The van der Waals surface area contributed by atoms with Gasteiger partial charge in [-0.3, -0.25) is 0 Å². The SMILES string of the molecule is O=C([O-])O.O=C([O-])[O-].[Mn+2].[NH4+]. The summed E-state index contributed by atoms with van der Waals surface area (Å²) in [6, 6.07) is 0. The van der Waals surface area contributed by atoms with E-state index >= 15 is 0 Å². The first kappa shape index (κ1) is 23.0. The molecule has 8 heteroatoms. The molecule has 1 radical (unpaired) electrons. The minimum absolute atomic E-state index is 0. The predicted octanol–water partition coefficient (Wildman–Crippen LogP) is -3.19. The molecule has 0 rings (SSSR count). The van der Waals surface area contributed by atoms with E-state index in [1.165, 1.54) is 0 Å². The number of hydrogen-bond donors (Lipinski definition) is 2. The molecular formula is C2H5MnNO6. The van der Waals surface area contributed by atoms with E-state index in [2.05, 4.69) is 0 Å². The quantitative estimate of drug-likeness (QED) is 0.386. The van der Waals surface area contributed by atoms with Crippen LogP contribution in [0.1, 0.15) is 0 Å². The molecule has 0 aliphatic carbocycles. The van der Waals surface area contributed by atoms with Crippen LogP contribution in [0.15, 0.2) is 0 Å². The minimum atomic E-state index is -2.33. The van der Waals surface area contributed by atoms with Crippen LogP contribution in [0.4, 0.5) is 9.59 Å². The van der Waals surface area contributed by atoms with Gasteiger partial charge in [0.25, 0.3) is 0 Å². The van der Waals surface area contributed by atoms with Crippen LogP contribution in [-0.4, -0.2) is 17.4 Å². The van der Waals surface area contributed by atoms with Crippen LogP contribution in [0.25, 0.3) is 0 Å². The Labute approximate surface area is 66.3 Å². The minimum Gasteiger partial charge on any atom is -0.652 e. The van der Waals surface area contributed by atoms with E-state index in [1.807, 2.05) is 0 Å². The Hall–Kier alpha value is -0.981. The van der Waals surface area contributed by atoms with E-state index in [0.29, 0.717) is 0 Å². The summed E-state index contributed by atoms with van der Waals surface area (Å²) in [4.78, 5) is 16.8. The number of carbonyl (C=O) groups excluding carboxylic acids is 1. The molecule has 0 aromatic heterocycles. The Kier molecular flexibility index (Phi) is 36.1. The van der Waals surface area contributed by atoms with E-state index in [1.54, 1.807) is 0 Å². The number of hydrogen-bond acceptors (Lipinski definition) is 5. The summed E-state index contributed by atoms with van der Waals surface area (Å²) in [5, 5.41) is 32.0. The van der Waals surface area contributed by atoms with E-state index in [-0.39, 0.29) is 23.2 Å². The molecular weight excluding hydrogens is 189 g/mol. The molecule has 0 aromatic carbocycles. The first-order valence-electron chi connectivity index (χ1n) is 1.24. The molecule has 0 atom stereocenters. The van der Waals surface area contributed by atoms with Crippen LogP contribution in [-0.2, 0) is 17.1 Å². The largest absolute Gasteiger partial charge is 2.00 e. The molecule has 0 spiro atoms. The van der Waals surface area contributed by atoms with Gasteiger partial charge >= 0.3 is 17.1 Å². The normalized spacial score (nSPS) is 4.80. The van der Waals surface area contributed by atoms with Gasteiger partial charge in [-0.05, 0) is 6.16 Å². The fourth-order valence-corrected chi connectivity index (χ4v) is 0. The second kappa shape index (κ2) is 15.7. The maximum atomic E-state index is 8.44. The average Bonchev–Trinajstić information content (AvgIpc) is 1.25. The number of carbonyl (C=O) groups is 2. The van der Waals surface area contributed by atoms with E-state index in [4.69, 9.17) is 30.0 Å². The summed E-state index contributed by atoms with van der Waals surface area (Å²) in [5.74, 6) is 0. The van der Waals surface area contributed by atoms with Gasteiger partial charge in [-0.25, -0.2) is 0 Å². The third-order valence-corrected chi connectivity index (χ3v) is 0. The van der Waals surface area contributed by atoms with Crippen LogP contribution < -0.4 is 21.5 Å². The van der Waals surface area contributed by atoms with E-state index in [0.717, 1.165) is 0 Å². The maximum Gasteiger partial charge on any atom is 2.00 e. The summed E-state index contributed by atoms with van der Waals surface area (Å²) in [7, 11) is 0. The summed E-state index contributed by atoms with van der Waals surface area (Å²) in [6.45, 7) is 0. The van der Waals surface area contributed by atoms with Gasteiger partial charge in [-0.1, -0.05) is 0 Å². The summed E-state index contributed by atoms with van der Waals surface area (Å²) >= 11 is 0. The molecule has 5 N–H and O–H groups in total. The van der Waals surface area contributed by atoms with Gasteiger partial charge < -0.3 is 36.2 Å². The van der Waals surface area contributed by atoms with Crippen LogP contribution in [0.5, 0.6) is 0 Å². The van der Waals surface area contributed by atoms with Crippen molar-refractivity contribution in [2.75, 3.05) is 0 Å². The Morgan fingerprint density at radius 3 is 1.10 bits per heavy atom. The van der Waals surface area contributed by atoms with Gasteiger partial charge in [0.15, 0.2) is 0 Å². The average molecular weight is 194 g/mol. The maximum absolute atomic E-state index is 8.44. The Morgan fingerprint density at radius 1 is 1.10 bits per heavy atom. The van der Waals surface area contributed by atoms with Gasteiger partial charge in [-0.2, -0.15) is 0 Å². The topological polar surface area (TPSA) is 160 Å². The Bertz CT molecular complexity index is 73.7. The monoisotopic (exact) mass is 194 g/mol. The molecule has 0 fully saturated rings. The second-order valence-electron chi connectivity index (χ2n) is 0.516. The first-order valence-corrected chi connectivity index (χ1v) is 1.24. The third-order valence-electron chi connectivity index (χ3n) is 0. The molecule has 0 heterocycles. The van der Waals surface area contributed by atoms with Gasteiger partial charge in [0.2, 0.25) is 6.16 Å². The van der Waals surface area contributed by atoms with Crippen molar-refractivity contribution in [2.24, 2.45) is 0 Å². The summed E-state index contributed by atoms with van der Waals surface area (Å²) in [6.07, 6.45) is -4.42. The Morgan fingerprint density at radius 2 is 1.10 bits per heavy atom. The predicted molar refractivity (Wildman–Crippen MR) is 19.4 cm³/mol. The van der Waals surface area contributed by atoms with Crippen molar-refractivity contribution >= 4 is 12.3 Å². The molecule has 0 amide bonds. The standard InChI is InChI=1S/2CH2O3.Mn.H3N/c2*2-1(3)4;;/h2*(H2,2,3,4);;1H3/q;;+2;/p-2. The van der Waals surface area contributed by atoms with Crippen molar-refractivity contribution in [3.05, 3.63) is 0 Å². The molecule has 10 heavy (non-hydrogen) atoms. The molecule has 0 unspecified atom stereocenters. The molecule has 0 bridgehead atoms.